The van der Waals surface area contributed by atoms with Crippen LogP contribution in [0.1, 0.15) is 19.3 Å². The molecule has 2 saturated heterocycles. The molecule has 2 aliphatic rings. The summed E-state index contributed by atoms with van der Waals surface area (Å²) in [5.74, 6) is 2.57. The molecular formula is C12H23N3OS. The quantitative estimate of drug-likeness (QED) is 0.794. The summed E-state index contributed by atoms with van der Waals surface area (Å²) in [6.45, 7) is 2.52. The van der Waals surface area contributed by atoms with E-state index in [0.29, 0.717) is 18.6 Å². The Morgan fingerprint density at radius 2 is 2.12 bits per heavy atom. The van der Waals surface area contributed by atoms with E-state index in [4.69, 9.17) is 5.73 Å². The Balaban J connectivity index is 1.76. The molecule has 2 heterocycles. The Morgan fingerprint density at radius 1 is 1.41 bits per heavy atom. The van der Waals surface area contributed by atoms with Crippen molar-refractivity contribution in [1.29, 1.82) is 0 Å². The van der Waals surface area contributed by atoms with E-state index in [2.05, 4.69) is 4.90 Å². The molecule has 0 radical (unpaired) electrons. The number of hydrogen-bond acceptors (Lipinski definition) is 4. The summed E-state index contributed by atoms with van der Waals surface area (Å²) in [6, 6.07) is 0.796. The first-order valence-electron chi connectivity index (χ1n) is 6.48. The zero-order chi connectivity index (χ0) is 12.3. The number of nitrogens with two attached hydrogens (primary N) is 1. The summed E-state index contributed by atoms with van der Waals surface area (Å²) in [6.07, 6.45) is 3.20. The molecule has 5 heteroatoms. The normalized spacial score (nSPS) is 27.3. The number of likely N-dealkylation sites (tertiary alicyclic amines) is 1. The van der Waals surface area contributed by atoms with Gasteiger partial charge < -0.3 is 10.6 Å². The first-order valence-corrected chi connectivity index (χ1v) is 7.63. The van der Waals surface area contributed by atoms with E-state index in [1.165, 1.54) is 5.75 Å². The van der Waals surface area contributed by atoms with Crippen LogP contribution in [0.3, 0.4) is 0 Å². The van der Waals surface area contributed by atoms with Crippen molar-refractivity contribution in [2.45, 2.75) is 31.3 Å². The van der Waals surface area contributed by atoms with Gasteiger partial charge in [-0.3, -0.25) is 9.69 Å². The van der Waals surface area contributed by atoms with Crippen molar-refractivity contribution in [2.24, 2.45) is 5.73 Å². The van der Waals surface area contributed by atoms with E-state index in [9.17, 15) is 4.79 Å². The molecule has 17 heavy (non-hydrogen) atoms. The molecule has 0 bridgehead atoms. The minimum atomic E-state index is 0.271. The highest BCUT2D eigenvalue weighted by atomic mass is 32.2. The number of carbonyl (C=O) groups is 1. The summed E-state index contributed by atoms with van der Waals surface area (Å²) in [5.41, 5.74) is 5.86. The van der Waals surface area contributed by atoms with Gasteiger partial charge in [0.25, 0.3) is 0 Å². The molecule has 0 aromatic carbocycles. The van der Waals surface area contributed by atoms with Gasteiger partial charge in [-0.2, -0.15) is 11.8 Å². The zero-order valence-electron chi connectivity index (χ0n) is 10.6. The third-order valence-corrected chi connectivity index (χ3v) is 4.98. The van der Waals surface area contributed by atoms with Crippen LogP contribution in [0.25, 0.3) is 0 Å². The number of piperidine rings is 1. The molecule has 0 spiro atoms. The predicted octanol–water partition coefficient (Wildman–Crippen LogP) is 0.373. The molecule has 1 atom stereocenters. The summed E-state index contributed by atoms with van der Waals surface area (Å²) in [7, 11) is 1.95. The highest BCUT2D eigenvalue weighted by molar-refractivity contribution is 7.99. The van der Waals surface area contributed by atoms with Crippen molar-refractivity contribution in [2.75, 3.05) is 38.2 Å². The van der Waals surface area contributed by atoms with Crippen LogP contribution in [-0.4, -0.2) is 66.0 Å². The van der Waals surface area contributed by atoms with Gasteiger partial charge in [0.1, 0.15) is 0 Å². The molecule has 2 aliphatic heterocycles. The smallest absolute Gasteiger partial charge is 0.236 e. The van der Waals surface area contributed by atoms with Crippen molar-refractivity contribution >= 4 is 17.7 Å². The molecule has 2 N–H and O–H groups in total. The van der Waals surface area contributed by atoms with Crippen LogP contribution < -0.4 is 5.73 Å². The fourth-order valence-electron chi connectivity index (χ4n) is 2.45. The molecule has 2 rings (SSSR count). The Hall–Kier alpha value is -0.260. The lowest BCUT2D eigenvalue weighted by atomic mass is 10.1. The van der Waals surface area contributed by atoms with Crippen molar-refractivity contribution < 1.29 is 4.79 Å². The van der Waals surface area contributed by atoms with Crippen LogP contribution in [0.5, 0.6) is 0 Å². The van der Waals surface area contributed by atoms with Gasteiger partial charge in [0.15, 0.2) is 0 Å². The van der Waals surface area contributed by atoms with Gasteiger partial charge >= 0.3 is 0 Å². The monoisotopic (exact) mass is 257 g/mol. The molecule has 0 aromatic rings. The van der Waals surface area contributed by atoms with Crippen molar-refractivity contribution in [3.8, 4) is 0 Å². The molecule has 1 amide bonds. The largest absolute Gasteiger partial charge is 0.341 e. The van der Waals surface area contributed by atoms with Crippen molar-refractivity contribution in [3.05, 3.63) is 0 Å². The summed E-state index contributed by atoms with van der Waals surface area (Å²) in [5, 5.41) is 0. The summed E-state index contributed by atoms with van der Waals surface area (Å²) in [4.78, 5) is 16.3. The van der Waals surface area contributed by atoms with Crippen LogP contribution in [0.4, 0.5) is 0 Å². The highest BCUT2D eigenvalue weighted by Crippen LogP contribution is 2.21. The van der Waals surface area contributed by atoms with Gasteiger partial charge in [-0.15, -0.1) is 0 Å². The Bertz CT molecular complexity index is 260. The van der Waals surface area contributed by atoms with Gasteiger partial charge in [0, 0.05) is 38.0 Å². The second-order valence-corrected chi connectivity index (χ2v) is 6.29. The molecule has 0 saturated carbocycles. The molecule has 0 aromatic heterocycles. The fraction of sp³-hybridized carbons (Fsp3) is 0.917. The standard InChI is InChI=1S/C12H23N3OS/c1-14(11-4-7-17-9-11)12(16)8-15-5-2-10(13)3-6-15/h10-11H,2-9,13H2,1H3. The maximum atomic E-state index is 12.1. The number of thioether (sulfide) groups is 1. The van der Waals surface area contributed by atoms with Crippen LogP contribution in [0, 0.1) is 0 Å². The molecular weight excluding hydrogens is 234 g/mol. The van der Waals surface area contributed by atoms with E-state index in [-0.39, 0.29) is 5.91 Å². The highest BCUT2D eigenvalue weighted by Gasteiger charge is 2.26. The van der Waals surface area contributed by atoms with E-state index in [1.54, 1.807) is 0 Å². The van der Waals surface area contributed by atoms with Crippen molar-refractivity contribution in [1.82, 2.24) is 9.80 Å². The topological polar surface area (TPSA) is 49.6 Å². The molecule has 1 unspecified atom stereocenters. The van der Waals surface area contributed by atoms with E-state index < -0.39 is 0 Å². The van der Waals surface area contributed by atoms with Gasteiger partial charge in [-0.1, -0.05) is 0 Å². The van der Waals surface area contributed by atoms with Crippen LogP contribution in [0.15, 0.2) is 0 Å². The lowest BCUT2D eigenvalue weighted by molar-refractivity contribution is -0.133. The number of nitrogens with zero attached hydrogens (tertiary/aromatic N) is 2. The molecule has 98 valence electrons. The second kappa shape index (κ2) is 6.07. The lowest BCUT2D eigenvalue weighted by Crippen LogP contribution is -2.47. The second-order valence-electron chi connectivity index (χ2n) is 5.14. The SMILES string of the molecule is CN(C(=O)CN1CCC(N)CC1)C1CCSC1. The Kier molecular flexibility index (Phi) is 4.70. The van der Waals surface area contributed by atoms with E-state index in [1.807, 2.05) is 23.7 Å². The maximum Gasteiger partial charge on any atom is 0.236 e. The van der Waals surface area contributed by atoms with E-state index in [0.717, 1.165) is 38.1 Å². The minimum absolute atomic E-state index is 0.271. The average Bonchev–Trinajstić information content (AvgIpc) is 2.84. The van der Waals surface area contributed by atoms with Gasteiger partial charge in [0.2, 0.25) is 5.91 Å². The first kappa shape index (κ1) is 13.2. The van der Waals surface area contributed by atoms with Gasteiger partial charge in [0.05, 0.1) is 6.54 Å². The van der Waals surface area contributed by atoms with Gasteiger partial charge in [-0.25, -0.2) is 0 Å². The van der Waals surface area contributed by atoms with Crippen molar-refractivity contribution in [3.63, 3.8) is 0 Å². The van der Waals surface area contributed by atoms with Gasteiger partial charge in [-0.05, 0) is 25.0 Å². The summed E-state index contributed by atoms with van der Waals surface area (Å²) >= 11 is 1.95. The first-order chi connectivity index (χ1) is 8.16. The Morgan fingerprint density at radius 3 is 2.71 bits per heavy atom. The number of rotatable bonds is 3. The predicted molar refractivity (Wildman–Crippen MR) is 72.1 cm³/mol. The number of hydrogen-bond donors (Lipinski definition) is 1. The maximum absolute atomic E-state index is 12.1. The number of carbonyl (C=O) groups excluding carboxylic acids is 1. The van der Waals surface area contributed by atoms with Crippen LogP contribution >= 0.6 is 11.8 Å². The van der Waals surface area contributed by atoms with Crippen LogP contribution in [0.2, 0.25) is 0 Å². The third kappa shape index (κ3) is 3.60. The number of amides is 1. The zero-order valence-corrected chi connectivity index (χ0v) is 11.4. The third-order valence-electron chi connectivity index (χ3n) is 3.84. The lowest BCUT2D eigenvalue weighted by Gasteiger charge is -2.32. The average molecular weight is 257 g/mol. The van der Waals surface area contributed by atoms with E-state index >= 15 is 0 Å². The fourth-order valence-corrected chi connectivity index (χ4v) is 3.71. The molecule has 4 nitrogen and oxygen atoms in total. The van der Waals surface area contributed by atoms with Crippen LogP contribution in [-0.2, 0) is 4.79 Å². The minimum Gasteiger partial charge on any atom is -0.341 e. The Labute approximate surface area is 108 Å². The molecule has 2 fully saturated rings. The summed E-state index contributed by atoms with van der Waals surface area (Å²) < 4.78 is 0. The number of likely N-dealkylation sites (N-methyl/N-ethyl adjacent to an activating group) is 1. The molecule has 0 aliphatic carbocycles.